The molecule has 2 aromatic rings. The maximum Gasteiger partial charge on any atom is 0.348 e. The van der Waals surface area contributed by atoms with Gasteiger partial charge in [0.25, 0.3) is 0 Å². The number of aromatic nitrogens is 2. The van der Waals surface area contributed by atoms with Crippen LogP contribution in [-0.4, -0.2) is 28.5 Å². The van der Waals surface area contributed by atoms with E-state index < -0.39 is 0 Å². The van der Waals surface area contributed by atoms with Crippen molar-refractivity contribution in [1.82, 2.24) is 15.4 Å². The summed E-state index contributed by atoms with van der Waals surface area (Å²) >= 11 is 1.25. The predicted octanol–water partition coefficient (Wildman–Crippen LogP) is 2.67. The van der Waals surface area contributed by atoms with Crippen LogP contribution in [0.3, 0.4) is 0 Å². The Morgan fingerprint density at radius 2 is 2.09 bits per heavy atom. The van der Waals surface area contributed by atoms with Crippen LogP contribution in [0, 0.1) is 12.8 Å². The van der Waals surface area contributed by atoms with Gasteiger partial charge in [-0.2, -0.15) is 0 Å². The number of ether oxygens (including phenoxy) is 1. The summed E-state index contributed by atoms with van der Waals surface area (Å²) in [5, 5.41) is 0.713. The van der Waals surface area contributed by atoms with Gasteiger partial charge in [-0.15, -0.1) is 11.3 Å². The molecular weight excluding hydrogens is 316 g/mol. The Hall–Kier alpha value is -2.22. The molecule has 0 saturated carbocycles. The SMILES string of the molecule is CCOC(=O)c1sc2ncnc(NNC(=O)CC(C)C)c2c1C. The second kappa shape index (κ2) is 7.36. The van der Waals surface area contributed by atoms with Crippen LogP contribution in [-0.2, 0) is 9.53 Å². The van der Waals surface area contributed by atoms with Crippen molar-refractivity contribution in [3.05, 3.63) is 16.8 Å². The molecule has 0 unspecified atom stereocenters. The van der Waals surface area contributed by atoms with Gasteiger partial charge in [-0.05, 0) is 25.3 Å². The average Bonchev–Trinajstić information content (AvgIpc) is 2.83. The summed E-state index contributed by atoms with van der Waals surface area (Å²) < 4.78 is 5.05. The molecule has 2 heterocycles. The molecule has 0 bridgehead atoms. The Bertz CT molecular complexity index is 727. The minimum Gasteiger partial charge on any atom is -0.462 e. The first-order chi connectivity index (χ1) is 10.9. The van der Waals surface area contributed by atoms with Gasteiger partial charge in [0, 0.05) is 6.42 Å². The van der Waals surface area contributed by atoms with Crippen molar-refractivity contribution in [2.75, 3.05) is 12.0 Å². The van der Waals surface area contributed by atoms with Crippen LogP contribution in [0.2, 0.25) is 0 Å². The van der Waals surface area contributed by atoms with Gasteiger partial charge in [-0.3, -0.25) is 15.6 Å². The number of hydrazine groups is 1. The Kier molecular flexibility index (Phi) is 5.49. The standard InChI is InChI=1S/C15H20N4O3S/c1-5-22-15(21)12-9(4)11-13(16-7-17-14(11)23-12)19-18-10(20)6-8(2)3/h7-8H,5-6H2,1-4H3,(H,18,20)(H,16,17,19). The van der Waals surface area contributed by atoms with Crippen molar-refractivity contribution in [3.8, 4) is 0 Å². The Morgan fingerprint density at radius 3 is 2.74 bits per heavy atom. The number of hydrogen-bond acceptors (Lipinski definition) is 7. The highest BCUT2D eigenvalue weighted by Gasteiger charge is 2.20. The van der Waals surface area contributed by atoms with Crippen molar-refractivity contribution in [2.45, 2.75) is 34.1 Å². The maximum absolute atomic E-state index is 12.0. The fourth-order valence-corrected chi connectivity index (χ4v) is 3.15. The van der Waals surface area contributed by atoms with Crippen LogP contribution >= 0.6 is 11.3 Å². The van der Waals surface area contributed by atoms with E-state index in [1.54, 1.807) is 6.92 Å². The van der Waals surface area contributed by atoms with E-state index in [0.717, 1.165) is 5.56 Å². The number of amides is 1. The van der Waals surface area contributed by atoms with Crippen molar-refractivity contribution >= 4 is 39.2 Å². The molecule has 1 amide bonds. The Labute approximate surface area is 138 Å². The zero-order chi connectivity index (χ0) is 17.0. The average molecular weight is 336 g/mol. The van der Waals surface area contributed by atoms with Crippen molar-refractivity contribution in [1.29, 1.82) is 0 Å². The minimum atomic E-state index is -0.372. The quantitative estimate of drug-likeness (QED) is 0.622. The molecule has 0 fully saturated rings. The van der Waals surface area contributed by atoms with Gasteiger partial charge in [0.05, 0.1) is 12.0 Å². The van der Waals surface area contributed by atoms with Crippen LogP contribution in [0.1, 0.15) is 42.4 Å². The van der Waals surface area contributed by atoms with Crippen LogP contribution in [0.5, 0.6) is 0 Å². The number of aryl methyl sites for hydroxylation is 1. The number of nitrogens with zero attached hydrogens (tertiary/aromatic N) is 2. The van der Waals surface area contributed by atoms with Gasteiger partial charge >= 0.3 is 5.97 Å². The maximum atomic E-state index is 12.0. The third kappa shape index (κ3) is 3.95. The number of hydrogen-bond donors (Lipinski definition) is 2. The Morgan fingerprint density at radius 1 is 1.35 bits per heavy atom. The molecule has 2 N–H and O–H groups in total. The number of nitrogens with one attached hydrogen (secondary N) is 2. The summed E-state index contributed by atoms with van der Waals surface area (Å²) in [6, 6.07) is 0. The van der Waals surface area contributed by atoms with Crippen molar-refractivity contribution in [3.63, 3.8) is 0 Å². The largest absolute Gasteiger partial charge is 0.462 e. The number of fused-ring (bicyclic) bond motifs is 1. The molecule has 0 atom stereocenters. The first-order valence-electron chi connectivity index (χ1n) is 7.40. The van der Waals surface area contributed by atoms with Gasteiger partial charge < -0.3 is 4.74 Å². The molecule has 7 nitrogen and oxygen atoms in total. The highest BCUT2D eigenvalue weighted by molar-refractivity contribution is 7.20. The van der Waals surface area contributed by atoms with Crippen molar-refractivity contribution in [2.24, 2.45) is 5.92 Å². The number of carbonyl (C=O) groups is 2. The monoisotopic (exact) mass is 336 g/mol. The molecule has 0 aliphatic rings. The predicted molar refractivity (Wildman–Crippen MR) is 89.3 cm³/mol. The molecule has 124 valence electrons. The van der Waals surface area contributed by atoms with Gasteiger partial charge in [-0.1, -0.05) is 13.8 Å². The second-order valence-electron chi connectivity index (χ2n) is 5.45. The second-order valence-corrected chi connectivity index (χ2v) is 6.45. The summed E-state index contributed by atoms with van der Waals surface area (Å²) in [5.74, 6) is 0.241. The van der Waals surface area contributed by atoms with Gasteiger partial charge in [0.2, 0.25) is 5.91 Å². The number of carbonyl (C=O) groups excluding carboxylic acids is 2. The first-order valence-corrected chi connectivity index (χ1v) is 8.21. The summed E-state index contributed by atoms with van der Waals surface area (Å²) in [6.45, 7) is 7.83. The van der Waals surface area contributed by atoms with Gasteiger partial charge in [-0.25, -0.2) is 14.8 Å². The third-order valence-electron chi connectivity index (χ3n) is 3.10. The number of rotatable bonds is 6. The molecule has 8 heteroatoms. The van der Waals surface area contributed by atoms with E-state index in [1.165, 1.54) is 17.7 Å². The topological polar surface area (TPSA) is 93.2 Å². The lowest BCUT2D eigenvalue weighted by molar-refractivity contribution is -0.121. The minimum absolute atomic E-state index is 0.120. The fraction of sp³-hybridized carbons (Fsp3) is 0.467. The van der Waals surface area contributed by atoms with E-state index in [4.69, 9.17) is 4.74 Å². The summed E-state index contributed by atoms with van der Waals surface area (Å²) in [7, 11) is 0. The molecule has 0 radical (unpaired) electrons. The van der Waals surface area contributed by atoms with E-state index in [0.29, 0.717) is 33.9 Å². The summed E-state index contributed by atoms with van der Waals surface area (Å²) in [4.78, 5) is 33.3. The molecule has 0 aromatic carbocycles. The molecule has 0 aliphatic carbocycles. The van der Waals surface area contributed by atoms with Crippen LogP contribution in [0.15, 0.2) is 6.33 Å². The smallest absolute Gasteiger partial charge is 0.348 e. The zero-order valence-corrected chi connectivity index (χ0v) is 14.4. The number of anilines is 1. The highest BCUT2D eigenvalue weighted by Crippen LogP contribution is 2.33. The molecule has 23 heavy (non-hydrogen) atoms. The lowest BCUT2D eigenvalue weighted by Gasteiger charge is -2.10. The molecule has 0 spiro atoms. The molecule has 2 aromatic heterocycles. The highest BCUT2D eigenvalue weighted by atomic mass is 32.1. The van der Waals surface area contributed by atoms with E-state index in [-0.39, 0.29) is 17.8 Å². The summed E-state index contributed by atoms with van der Waals surface area (Å²) in [5.41, 5.74) is 6.18. The van der Waals surface area contributed by atoms with Gasteiger partial charge in [0.1, 0.15) is 16.0 Å². The van der Waals surface area contributed by atoms with Crippen molar-refractivity contribution < 1.29 is 14.3 Å². The van der Waals surface area contributed by atoms with Gasteiger partial charge in [0.15, 0.2) is 5.82 Å². The summed E-state index contributed by atoms with van der Waals surface area (Å²) in [6.07, 6.45) is 1.81. The van der Waals surface area contributed by atoms with Crippen LogP contribution in [0.4, 0.5) is 5.82 Å². The van der Waals surface area contributed by atoms with E-state index >= 15 is 0 Å². The fourth-order valence-electron chi connectivity index (χ4n) is 2.11. The number of esters is 1. The molecule has 0 saturated heterocycles. The lowest BCUT2D eigenvalue weighted by Crippen LogP contribution is -2.30. The first kappa shape index (κ1) is 17.1. The van der Waals surface area contributed by atoms with E-state index in [2.05, 4.69) is 20.8 Å². The lowest BCUT2D eigenvalue weighted by atomic mass is 10.1. The van der Waals surface area contributed by atoms with Crippen LogP contribution in [0.25, 0.3) is 10.2 Å². The van der Waals surface area contributed by atoms with Crippen LogP contribution < -0.4 is 10.9 Å². The Balaban J connectivity index is 2.27. The number of thiophene rings is 1. The molecular formula is C15H20N4O3S. The zero-order valence-electron chi connectivity index (χ0n) is 13.6. The van der Waals surface area contributed by atoms with E-state index in [9.17, 15) is 9.59 Å². The third-order valence-corrected chi connectivity index (χ3v) is 4.28. The molecule has 2 rings (SSSR count). The molecule has 0 aliphatic heterocycles. The normalized spacial score (nSPS) is 10.8. The van der Waals surface area contributed by atoms with E-state index in [1.807, 2.05) is 20.8 Å².